The lowest BCUT2D eigenvalue weighted by Crippen LogP contribution is -2.28. The number of carboxylic acids is 1. The van der Waals surface area contributed by atoms with Crippen LogP contribution in [0.25, 0.3) is 0 Å². The summed E-state index contributed by atoms with van der Waals surface area (Å²) in [6.45, 7) is 0.394. The average Bonchev–Trinajstić information content (AvgIpc) is 2.05. The molecule has 1 unspecified atom stereocenters. The van der Waals surface area contributed by atoms with Gasteiger partial charge in [0.1, 0.15) is 6.61 Å². The fourth-order valence-corrected chi connectivity index (χ4v) is 0.961. The molecule has 0 aromatic rings. The van der Waals surface area contributed by atoms with E-state index in [1.807, 2.05) is 0 Å². The second-order valence-electron chi connectivity index (χ2n) is 2.59. The third-order valence-electron chi connectivity index (χ3n) is 1.61. The number of ether oxygens (including phenoxy) is 1. The van der Waals surface area contributed by atoms with Crippen LogP contribution in [0.3, 0.4) is 0 Å². The summed E-state index contributed by atoms with van der Waals surface area (Å²) in [6, 6.07) is -0.438. The fraction of sp³-hybridized carbons (Fsp3) is 0.375. The highest BCUT2D eigenvalue weighted by Gasteiger charge is 2.13. The molecule has 0 spiro atoms. The van der Waals surface area contributed by atoms with Gasteiger partial charge in [-0.05, 0) is 11.6 Å². The van der Waals surface area contributed by atoms with Crippen molar-refractivity contribution in [3.05, 3.63) is 24.0 Å². The van der Waals surface area contributed by atoms with Crippen molar-refractivity contribution in [2.75, 3.05) is 6.61 Å². The number of hydrogen-bond acceptors (Lipinski definition) is 3. The third kappa shape index (κ3) is 3.96. The van der Waals surface area contributed by atoms with Gasteiger partial charge in [-0.3, -0.25) is 4.79 Å². The molecular formula is C8H12ClNO3. The van der Waals surface area contributed by atoms with Gasteiger partial charge in [0.15, 0.2) is 0 Å². The van der Waals surface area contributed by atoms with Gasteiger partial charge in [0.25, 0.3) is 0 Å². The van der Waals surface area contributed by atoms with Gasteiger partial charge in [0.2, 0.25) is 0 Å². The van der Waals surface area contributed by atoms with Gasteiger partial charge >= 0.3 is 5.97 Å². The third-order valence-corrected chi connectivity index (χ3v) is 1.61. The molecule has 0 saturated carbocycles. The Morgan fingerprint density at radius 2 is 2.46 bits per heavy atom. The minimum absolute atomic E-state index is 0. The van der Waals surface area contributed by atoms with Crippen molar-refractivity contribution in [1.82, 2.24) is 0 Å². The number of carbonyl (C=O) groups is 1. The summed E-state index contributed by atoms with van der Waals surface area (Å²) in [5.41, 5.74) is 6.41. The van der Waals surface area contributed by atoms with Crippen molar-refractivity contribution in [2.45, 2.75) is 12.5 Å². The van der Waals surface area contributed by atoms with Crippen LogP contribution in [0.4, 0.5) is 0 Å². The molecule has 5 heteroatoms. The average molecular weight is 206 g/mol. The Morgan fingerprint density at radius 1 is 1.77 bits per heavy atom. The molecule has 1 rings (SSSR count). The zero-order valence-electron chi connectivity index (χ0n) is 6.97. The molecule has 0 aromatic heterocycles. The van der Waals surface area contributed by atoms with Crippen LogP contribution in [-0.4, -0.2) is 23.7 Å². The fourth-order valence-electron chi connectivity index (χ4n) is 0.961. The van der Waals surface area contributed by atoms with Gasteiger partial charge in [0.05, 0.1) is 12.7 Å². The van der Waals surface area contributed by atoms with E-state index in [0.29, 0.717) is 6.61 Å². The molecule has 1 aliphatic rings. The van der Waals surface area contributed by atoms with Crippen molar-refractivity contribution in [1.29, 1.82) is 0 Å². The molecule has 0 radical (unpaired) electrons. The Balaban J connectivity index is 0.00000144. The highest BCUT2D eigenvalue weighted by molar-refractivity contribution is 5.85. The van der Waals surface area contributed by atoms with Gasteiger partial charge in [-0.15, -0.1) is 12.4 Å². The Morgan fingerprint density at radius 3 is 2.92 bits per heavy atom. The summed E-state index contributed by atoms with van der Waals surface area (Å²) in [7, 11) is 0. The lowest BCUT2D eigenvalue weighted by atomic mass is 10.0. The first-order chi connectivity index (χ1) is 5.70. The Bertz CT molecular complexity index is 238. The molecule has 0 aliphatic carbocycles. The Labute approximate surface area is 82.5 Å². The predicted octanol–water partition coefficient (Wildman–Crippen LogP) is 0.680. The largest absolute Gasteiger partial charge is 0.497 e. The van der Waals surface area contributed by atoms with Gasteiger partial charge in [-0.25, -0.2) is 0 Å². The molecule has 0 bridgehead atoms. The normalized spacial score (nSPS) is 16.5. The maximum absolute atomic E-state index is 10.3. The number of hydrogen-bond donors (Lipinski definition) is 2. The summed E-state index contributed by atoms with van der Waals surface area (Å²) in [5, 5.41) is 8.45. The first-order valence-electron chi connectivity index (χ1n) is 3.64. The van der Waals surface area contributed by atoms with Crippen LogP contribution < -0.4 is 5.73 Å². The minimum Gasteiger partial charge on any atom is -0.497 e. The van der Waals surface area contributed by atoms with Crippen molar-refractivity contribution in [3.8, 4) is 0 Å². The molecule has 1 atom stereocenters. The van der Waals surface area contributed by atoms with Crippen LogP contribution in [0.5, 0.6) is 0 Å². The van der Waals surface area contributed by atoms with Crippen LogP contribution in [0.15, 0.2) is 24.0 Å². The number of aliphatic carboxylic acids is 1. The standard InChI is InChI=1S/C8H11NO3.ClH/c9-7(4-8(10)11)6-2-1-3-12-5-6;/h1-3,7H,4-5,9H2,(H,10,11);1H. The molecule has 1 aliphatic heterocycles. The van der Waals surface area contributed by atoms with Crippen molar-refractivity contribution in [2.24, 2.45) is 5.73 Å². The Kier molecular flexibility index (Phi) is 5.18. The minimum atomic E-state index is -0.891. The first kappa shape index (κ1) is 12.0. The lowest BCUT2D eigenvalue weighted by Gasteiger charge is -2.15. The second kappa shape index (κ2) is 5.61. The van der Waals surface area contributed by atoms with Gasteiger partial charge in [-0.2, -0.15) is 0 Å². The lowest BCUT2D eigenvalue weighted by molar-refractivity contribution is -0.137. The van der Waals surface area contributed by atoms with E-state index in [1.54, 1.807) is 18.4 Å². The molecular weight excluding hydrogens is 194 g/mol. The molecule has 13 heavy (non-hydrogen) atoms. The maximum atomic E-state index is 10.3. The van der Waals surface area contributed by atoms with Crippen molar-refractivity contribution < 1.29 is 14.6 Å². The molecule has 0 aromatic carbocycles. The van der Waals surface area contributed by atoms with Crippen molar-refractivity contribution in [3.63, 3.8) is 0 Å². The molecule has 74 valence electrons. The highest BCUT2D eigenvalue weighted by Crippen LogP contribution is 2.09. The summed E-state index contributed by atoms with van der Waals surface area (Å²) in [5.74, 6) is -0.891. The van der Waals surface area contributed by atoms with Crippen LogP contribution in [0.2, 0.25) is 0 Å². The van der Waals surface area contributed by atoms with E-state index in [1.165, 1.54) is 0 Å². The number of halogens is 1. The molecule has 0 saturated heterocycles. The summed E-state index contributed by atoms with van der Waals surface area (Å²) >= 11 is 0. The molecule has 1 heterocycles. The molecule has 4 nitrogen and oxygen atoms in total. The van der Waals surface area contributed by atoms with Gasteiger partial charge in [0, 0.05) is 6.04 Å². The number of nitrogens with two attached hydrogens (primary N) is 1. The SMILES string of the molecule is Cl.NC(CC(=O)O)C1=CC=COC1. The summed E-state index contributed by atoms with van der Waals surface area (Å²) < 4.78 is 4.96. The highest BCUT2D eigenvalue weighted by atomic mass is 35.5. The molecule has 0 fully saturated rings. The van der Waals surface area contributed by atoms with Gasteiger partial charge in [-0.1, -0.05) is 6.08 Å². The van der Waals surface area contributed by atoms with E-state index in [0.717, 1.165) is 5.57 Å². The number of carboxylic acid groups (broad SMARTS) is 1. The number of allylic oxidation sites excluding steroid dienone is 2. The molecule has 0 amide bonds. The van der Waals surface area contributed by atoms with Crippen LogP contribution in [0.1, 0.15) is 6.42 Å². The van der Waals surface area contributed by atoms with E-state index in [-0.39, 0.29) is 18.8 Å². The van der Waals surface area contributed by atoms with E-state index in [4.69, 9.17) is 15.6 Å². The quantitative estimate of drug-likeness (QED) is 0.711. The topological polar surface area (TPSA) is 72.6 Å². The molecule has 3 N–H and O–H groups in total. The van der Waals surface area contributed by atoms with Crippen LogP contribution in [0, 0.1) is 0 Å². The maximum Gasteiger partial charge on any atom is 0.305 e. The zero-order chi connectivity index (χ0) is 8.97. The monoisotopic (exact) mass is 205 g/mol. The Hall–Kier alpha value is -1.00. The summed E-state index contributed by atoms with van der Waals surface area (Å²) in [6.07, 6.45) is 5.00. The van der Waals surface area contributed by atoms with E-state index < -0.39 is 12.0 Å². The smallest absolute Gasteiger partial charge is 0.305 e. The summed E-state index contributed by atoms with van der Waals surface area (Å²) in [4.78, 5) is 10.3. The van der Waals surface area contributed by atoms with Crippen LogP contribution in [-0.2, 0) is 9.53 Å². The second-order valence-corrected chi connectivity index (χ2v) is 2.59. The van der Waals surface area contributed by atoms with Crippen LogP contribution >= 0.6 is 12.4 Å². The van der Waals surface area contributed by atoms with Crippen molar-refractivity contribution >= 4 is 18.4 Å². The van der Waals surface area contributed by atoms with E-state index >= 15 is 0 Å². The zero-order valence-corrected chi connectivity index (χ0v) is 7.79. The van der Waals surface area contributed by atoms with Gasteiger partial charge < -0.3 is 15.6 Å². The number of rotatable bonds is 3. The first-order valence-corrected chi connectivity index (χ1v) is 3.64. The van der Waals surface area contributed by atoms with E-state index in [9.17, 15) is 4.79 Å². The van der Waals surface area contributed by atoms with E-state index in [2.05, 4.69) is 0 Å². The predicted molar refractivity (Wildman–Crippen MR) is 50.7 cm³/mol.